The lowest BCUT2D eigenvalue weighted by Gasteiger charge is -2.18. The monoisotopic (exact) mass is 248 g/mol. The largest absolute Gasteiger partial charge is 0.481 e. The second-order valence-corrected chi connectivity index (χ2v) is 4.35. The van der Waals surface area contributed by atoms with Gasteiger partial charge in [-0.2, -0.15) is 0 Å². The number of carbonyl (C=O) groups is 1. The van der Waals surface area contributed by atoms with Crippen molar-refractivity contribution in [3.63, 3.8) is 0 Å². The second kappa shape index (κ2) is 9.39. The Morgan fingerprint density at radius 2 is 1.53 bits per heavy atom. The van der Waals surface area contributed by atoms with Crippen LogP contribution in [0.5, 0.6) is 0 Å². The van der Waals surface area contributed by atoms with E-state index >= 15 is 0 Å². The first-order chi connectivity index (χ1) is 7.91. The number of rotatable bonds is 10. The third-order valence-corrected chi connectivity index (χ3v) is 2.00. The summed E-state index contributed by atoms with van der Waals surface area (Å²) < 4.78 is 16.2. The summed E-state index contributed by atoms with van der Waals surface area (Å²) in [6, 6.07) is 0. The van der Waals surface area contributed by atoms with Gasteiger partial charge in [-0.05, 0) is 27.7 Å². The SMILES string of the molecule is CC(C)OCC(C)OCC(C)OCCC(=O)O. The average molecular weight is 248 g/mol. The summed E-state index contributed by atoms with van der Waals surface area (Å²) in [6.07, 6.45) is 0.139. The van der Waals surface area contributed by atoms with E-state index in [0.29, 0.717) is 13.2 Å². The average Bonchev–Trinajstić information content (AvgIpc) is 2.23. The molecule has 5 nitrogen and oxygen atoms in total. The Morgan fingerprint density at radius 1 is 1.00 bits per heavy atom. The molecule has 0 bridgehead atoms. The molecule has 0 amide bonds. The predicted molar refractivity (Wildman–Crippen MR) is 64.2 cm³/mol. The number of hydrogen-bond acceptors (Lipinski definition) is 4. The molecule has 0 fully saturated rings. The molecule has 0 saturated heterocycles. The van der Waals surface area contributed by atoms with E-state index < -0.39 is 5.97 Å². The highest BCUT2D eigenvalue weighted by Gasteiger charge is 2.08. The Kier molecular flexibility index (Phi) is 9.03. The Morgan fingerprint density at radius 3 is 2.06 bits per heavy atom. The summed E-state index contributed by atoms with van der Waals surface area (Å²) >= 11 is 0. The maximum absolute atomic E-state index is 10.3. The van der Waals surface area contributed by atoms with Gasteiger partial charge in [-0.3, -0.25) is 4.79 Å². The molecule has 0 rings (SSSR count). The fourth-order valence-electron chi connectivity index (χ4n) is 1.07. The lowest BCUT2D eigenvalue weighted by atomic mass is 10.4. The smallest absolute Gasteiger partial charge is 0.305 e. The van der Waals surface area contributed by atoms with E-state index in [4.69, 9.17) is 19.3 Å². The van der Waals surface area contributed by atoms with Gasteiger partial charge in [0.15, 0.2) is 0 Å². The molecule has 5 heteroatoms. The van der Waals surface area contributed by atoms with E-state index in [0.717, 1.165) is 0 Å². The Labute approximate surface area is 103 Å². The first kappa shape index (κ1) is 16.4. The standard InChI is InChI=1S/C12H24O5/c1-9(2)16-7-11(4)17-8-10(3)15-6-5-12(13)14/h9-11H,5-8H2,1-4H3,(H,13,14). The molecule has 0 heterocycles. The van der Waals surface area contributed by atoms with Crippen LogP contribution in [-0.4, -0.2) is 49.2 Å². The zero-order valence-electron chi connectivity index (χ0n) is 11.1. The lowest BCUT2D eigenvalue weighted by molar-refractivity contribution is -0.139. The summed E-state index contributed by atoms with van der Waals surface area (Å²) in [5.74, 6) is -0.850. The minimum absolute atomic E-state index is 0.0166. The van der Waals surface area contributed by atoms with E-state index in [2.05, 4.69) is 0 Å². The van der Waals surface area contributed by atoms with E-state index in [1.165, 1.54) is 0 Å². The van der Waals surface area contributed by atoms with Crippen LogP contribution in [0, 0.1) is 0 Å². The van der Waals surface area contributed by atoms with Crippen molar-refractivity contribution in [3.05, 3.63) is 0 Å². The third-order valence-electron chi connectivity index (χ3n) is 2.00. The Hall–Kier alpha value is -0.650. The molecule has 17 heavy (non-hydrogen) atoms. The highest BCUT2D eigenvalue weighted by atomic mass is 16.6. The van der Waals surface area contributed by atoms with E-state index in [1.807, 2.05) is 27.7 Å². The van der Waals surface area contributed by atoms with Crippen molar-refractivity contribution in [2.75, 3.05) is 19.8 Å². The summed E-state index contributed by atoms with van der Waals surface area (Å²) in [4.78, 5) is 10.3. The van der Waals surface area contributed by atoms with Gasteiger partial charge in [-0.25, -0.2) is 0 Å². The van der Waals surface area contributed by atoms with Crippen LogP contribution >= 0.6 is 0 Å². The number of ether oxygens (including phenoxy) is 3. The van der Waals surface area contributed by atoms with E-state index in [9.17, 15) is 4.79 Å². The van der Waals surface area contributed by atoms with Crippen molar-refractivity contribution in [1.82, 2.24) is 0 Å². The van der Waals surface area contributed by atoms with Crippen molar-refractivity contribution in [1.29, 1.82) is 0 Å². The van der Waals surface area contributed by atoms with E-state index in [-0.39, 0.29) is 31.3 Å². The lowest BCUT2D eigenvalue weighted by Crippen LogP contribution is -2.25. The molecule has 0 aliphatic carbocycles. The molecule has 0 aromatic heterocycles. The maximum Gasteiger partial charge on any atom is 0.305 e. The fourth-order valence-corrected chi connectivity index (χ4v) is 1.07. The third kappa shape index (κ3) is 11.6. The van der Waals surface area contributed by atoms with Crippen molar-refractivity contribution in [2.24, 2.45) is 0 Å². The van der Waals surface area contributed by atoms with Crippen LogP contribution in [0.1, 0.15) is 34.1 Å². The minimum Gasteiger partial charge on any atom is -0.481 e. The van der Waals surface area contributed by atoms with Gasteiger partial charge in [-0.1, -0.05) is 0 Å². The summed E-state index contributed by atoms with van der Waals surface area (Å²) in [5, 5.41) is 8.44. The number of aliphatic carboxylic acids is 1. The summed E-state index contributed by atoms with van der Waals surface area (Å²) in [6.45, 7) is 8.97. The Balaban J connectivity index is 3.48. The van der Waals surface area contributed by atoms with Crippen LogP contribution in [0.3, 0.4) is 0 Å². The molecule has 0 saturated carbocycles. The second-order valence-electron chi connectivity index (χ2n) is 4.35. The van der Waals surface area contributed by atoms with Crippen LogP contribution in [0.2, 0.25) is 0 Å². The quantitative estimate of drug-likeness (QED) is 0.637. The molecular formula is C12H24O5. The van der Waals surface area contributed by atoms with Gasteiger partial charge < -0.3 is 19.3 Å². The van der Waals surface area contributed by atoms with Crippen molar-refractivity contribution in [3.8, 4) is 0 Å². The molecule has 2 unspecified atom stereocenters. The zero-order chi connectivity index (χ0) is 13.3. The van der Waals surface area contributed by atoms with Crippen LogP contribution in [-0.2, 0) is 19.0 Å². The van der Waals surface area contributed by atoms with Gasteiger partial charge >= 0.3 is 5.97 Å². The predicted octanol–water partition coefficient (Wildman–Crippen LogP) is 1.70. The summed E-state index contributed by atoms with van der Waals surface area (Å²) in [7, 11) is 0. The molecule has 0 aliphatic rings. The van der Waals surface area contributed by atoms with Gasteiger partial charge in [0.25, 0.3) is 0 Å². The van der Waals surface area contributed by atoms with Gasteiger partial charge in [0, 0.05) is 0 Å². The van der Waals surface area contributed by atoms with Gasteiger partial charge in [0.05, 0.1) is 44.6 Å². The molecule has 2 atom stereocenters. The Bertz CT molecular complexity index is 205. The normalized spacial score (nSPS) is 14.9. The highest BCUT2D eigenvalue weighted by molar-refractivity contribution is 5.66. The van der Waals surface area contributed by atoms with Gasteiger partial charge in [0.2, 0.25) is 0 Å². The van der Waals surface area contributed by atoms with Gasteiger partial charge in [0.1, 0.15) is 0 Å². The minimum atomic E-state index is -0.850. The highest BCUT2D eigenvalue weighted by Crippen LogP contribution is 2.00. The number of carboxylic acids is 1. The van der Waals surface area contributed by atoms with Crippen molar-refractivity contribution >= 4 is 5.97 Å². The first-order valence-corrected chi connectivity index (χ1v) is 5.98. The molecule has 0 aliphatic heterocycles. The zero-order valence-corrected chi connectivity index (χ0v) is 11.1. The molecule has 0 spiro atoms. The molecule has 102 valence electrons. The molecule has 0 aromatic rings. The fraction of sp³-hybridized carbons (Fsp3) is 0.917. The maximum atomic E-state index is 10.3. The number of hydrogen-bond donors (Lipinski definition) is 1. The van der Waals surface area contributed by atoms with Crippen LogP contribution in [0.15, 0.2) is 0 Å². The topological polar surface area (TPSA) is 65.0 Å². The van der Waals surface area contributed by atoms with Crippen LogP contribution in [0.4, 0.5) is 0 Å². The molecule has 1 N–H and O–H groups in total. The van der Waals surface area contributed by atoms with Crippen molar-refractivity contribution < 1.29 is 24.1 Å². The summed E-state index contributed by atoms with van der Waals surface area (Å²) in [5.41, 5.74) is 0. The van der Waals surface area contributed by atoms with Crippen molar-refractivity contribution in [2.45, 2.75) is 52.4 Å². The molecule has 0 aromatic carbocycles. The van der Waals surface area contributed by atoms with E-state index in [1.54, 1.807) is 0 Å². The van der Waals surface area contributed by atoms with Crippen LogP contribution in [0.25, 0.3) is 0 Å². The molecular weight excluding hydrogens is 224 g/mol. The van der Waals surface area contributed by atoms with Crippen LogP contribution < -0.4 is 0 Å². The molecule has 0 radical (unpaired) electrons. The first-order valence-electron chi connectivity index (χ1n) is 5.98. The number of carboxylic acid groups (broad SMARTS) is 1. The van der Waals surface area contributed by atoms with Gasteiger partial charge in [-0.15, -0.1) is 0 Å².